The molecule has 1 saturated heterocycles. The lowest BCUT2D eigenvalue weighted by molar-refractivity contribution is -0.136. The first-order chi connectivity index (χ1) is 16.0. The second-order valence-electron chi connectivity index (χ2n) is 7.89. The van der Waals surface area contributed by atoms with Gasteiger partial charge in [0.25, 0.3) is 5.91 Å². The lowest BCUT2D eigenvalue weighted by Gasteiger charge is -2.37. The number of aliphatic hydroxyl groups is 1. The average molecular weight is 455 g/mol. The third kappa shape index (κ3) is 4.78. The third-order valence-corrected chi connectivity index (χ3v) is 5.93. The molecular weight excluding hydrogens is 427 g/mol. The Morgan fingerprint density at radius 1 is 1.06 bits per heavy atom. The van der Waals surface area contributed by atoms with Gasteiger partial charge in [0.2, 0.25) is 0 Å². The van der Waals surface area contributed by atoms with Crippen LogP contribution < -0.4 is 15.1 Å². The highest BCUT2D eigenvalue weighted by atomic mass is 19.1. The summed E-state index contributed by atoms with van der Waals surface area (Å²) in [4.78, 5) is 30.5. The monoisotopic (exact) mass is 454 g/mol. The van der Waals surface area contributed by atoms with Crippen molar-refractivity contribution in [2.75, 3.05) is 68.1 Å². The molecule has 0 saturated carbocycles. The number of rotatable bonds is 7. The van der Waals surface area contributed by atoms with Crippen molar-refractivity contribution in [2.24, 2.45) is 0 Å². The summed E-state index contributed by atoms with van der Waals surface area (Å²) in [6, 6.07) is 14.4. The predicted molar refractivity (Wildman–Crippen MR) is 124 cm³/mol. The quantitative estimate of drug-likeness (QED) is 0.618. The van der Waals surface area contributed by atoms with Gasteiger partial charge in [-0.25, -0.2) is 9.18 Å². The van der Waals surface area contributed by atoms with Crippen LogP contribution in [0.4, 0.5) is 21.5 Å². The van der Waals surface area contributed by atoms with Crippen LogP contribution in [0.5, 0.6) is 0 Å². The molecular formula is C24H27FN4O4. The maximum atomic E-state index is 14.1. The number of nitrogens with one attached hydrogen (secondary N) is 1. The van der Waals surface area contributed by atoms with E-state index in [1.165, 1.54) is 18.1 Å². The van der Waals surface area contributed by atoms with Crippen molar-refractivity contribution in [2.45, 2.75) is 0 Å². The predicted octanol–water partition coefficient (Wildman–Crippen LogP) is 1.83. The number of para-hydroxylation sites is 1. The summed E-state index contributed by atoms with van der Waals surface area (Å²) < 4.78 is 18.9. The van der Waals surface area contributed by atoms with Gasteiger partial charge in [-0.2, -0.15) is 0 Å². The van der Waals surface area contributed by atoms with Crippen molar-refractivity contribution < 1.29 is 23.8 Å². The molecule has 0 spiro atoms. The molecule has 2 aromatic carbocycles. The van der Waals surface area contributed by atoms with Gasteiger partial charge < -0.3 is 29.9 Å². The van der Waals surface area contributed by atoms with Gasteiger partial charge in [0.15, 0.2) is 0 Å². The Balaban J connectivity index is 1.42. The van der Waals surface area contributed by atoms with Crippen molar-refractivity contribution in [1.29, 1.82) is 0 Å². The largest absolute Gasteiger partial charge is 0.466 e. The van der Waals surface area contributed by atoms with Gasteiger partial charge in [-0.3, -0.25) is 4.79 Å². The minimum Gasteiger partial charge on any atom is -0.466 e. The van der Waals surface area contributed by atoms with E-state index in [1.54, 1.807) is 12.1 Å². The highest BCUT2D eigenvalue weighted by Crippen LogP contribution is 2.26. The number of carbonyl (C=O) groups excluding carboxylic acids is 2. The first-order valence-electron chi connectivity index (χ1n) is 10.8. The minimum absolute atomic E-state index is 0.0960. The zero-order chi connectivity index (χ0) is 23.4. The van der Waals surface area contributed by atoms with Gasteiger partial charge in [-0.1, -0.05) is 12.1 Å². The number of β-amino-alcohol motifs (C(OH)–C–C–N with tert-alkyl or cyclic N) is 1. The number of hydrogen-bond acceptors (Lipinski definition) is 7. The number of esters is 1. The molecule has 0 atom stereocenters. The average Bonchev–Trinajstić information content (AvgIpc) is 3.15. The maximum absolute atomic E-state index is 14.1. The van der Waals surface area contributed by atoms with Crippen LogP contribution in [0.15, 0.2) is 59.8 Å². The van der Waals surface area contributed by atoms with Gasteiger partial charge in [-0.15, -0.1) is 0 Å². The smallest absolute Gasteiger partial charge is 0.337 e. The number of piperazine rings is 1. The van der Waals surface area contributed by atoms with E-state index in [2.05, 4.69) is 10.2 Å². The molecule has 0 bridgehead atoms. The number of methoxy groups -OCH3 is 1. The fourth-order valence-corrected chi connectivity index (χ4v) is 4.16. The van der Waals surface area contributed by atoms with Crippen LogP contribution in [0.25, 0.3) is 0 Å². The number of carbonyl (C=O) groups is 2. The number of hydrogen-bond donors (Lipinski definition) is 2. The molecule has 174 valence electrons. The second kappa shape index (κ2) is 9.91. The molecule has 0 radical (unpaired) electrons. The fourth-order valence-electron chi connectivity index (χ4n) is 4.16. The molecule has 33 heavy (non-hydrogen) atoms. The number of ether oxygens (including phenoxy) is 1. The van der Waals surface area contributed by atoms with Gasteiger partial charge in [-0.05, 0) is 36.4 Å². The lowest BCUT2D eigenvalue weighted by atomic mass is 10.2. The summed E-state index contributed by atoms with van der Waals surface area (Å²) in [6.07, 6.45) is 0. The van der Waals surface area contributed by atoms with E-state index < -0.39 is 5.97 Å². The van der Waals surface area contributed by atoms with E-state index in [0.717, 1.165) is 18.8 Å². The van der Waals surface area contributed by atoms with Gasteiger partial charge in [0.05, 0.1) is 31.5 Å². The topological polar surface area (TPSA) is 85.4 Å². The van der Waals surface area contributed by atoms with Crippen molar-refractivity contribution in [3.05, 3.63) is 65.6 Å². The van der Waals surface area contributed by atoms with Crippen molar-refractivity contribution in [3.8, 4) is 0 Å². The standard InChI is InChI=1S/C24H27FN4O4/c1-33-24(32)19-16-29(14-15-30)23(31)22(19)26-17-6-8-18(9-7-17)27-10-12-28(13-11-27)21-5-3-2-4-20(21)25/h2-9,26,30H,10-16H2,1H3. The zero-order valence-corrected chi connectivity index (χ0v) is 18.5. The fraction of sp³-hybridized carbons (Fsp3) is 0.333. The molecule has 9 heteroatoms. The first kappa shape index (κ1) is 22.6. The Morgan fingerprint density at radius 3 is 2.36 bits per heavy atom. The zero-order valence-electron chi connectivity index (χ0n) is 18.5. The van der Waals surface area contributed by atoms with Crippen LogP contribution in [-0.4, -0.2) is 74.9 Å². The summed E-state index contributed by atoms with van der Waals surface area (Å²) in [5.74, 6) is -1.13. The molecule has 4 rings (SSSR count). The molecule has 2 aliphatic heterocycles. The molecule has 2 aliphatic rings. The van der Waals surface area contributed by atoms with Crippen LogP contribution >= 0.6 is 0 Å². The van der Waals surface area contributed by atoms with Crippen molar-refractivity contribution in [1.82, 2.24) is 4.90 Å². The van der Waals surface area contributed by atoms with E-state index in [1.807, 2.05) is 35.2 Å². The molecule has 1 fully saturated rings. The summed E-state index contributed by atoms with van der Waals surface area (Å²) >= 11 is 0. The van der Waals surface area contributed by atoms with Crippen LogP contribution in [0.2, 0.25) is 0 Å². The van der Waals surface area contributed by atoms with E-state index in [9.17, 15) is 19.1 Å². The van der Waals surface area contributed by atoms with E-state index in [-0.39, 0.29) is 42.7 Å². The van der Waals surface area contributed by atoms with E-state index >= 15 is 0 Å². The highest BCUT2D eigenvalue weighted by Gasteiger charge is 2.34. The van der Waals surface area contributed by atoms with Crippen LogP contribution in [0.3, 0.4) is 0 Å². The molecule has 2 N–H and O–H groups in total. The molecule has 2 heterocycles. The Bertz CT molecular complexity index is 1050. The normalized spacial score (nSPS) is 16.5. The van der Waals surface area contributed by atoms with Crippen molar-refractivity contribution >= 4 is 28.9 Å². The summed E-state index contributed by atoms with van der Waals surface area (Å²) in [6.45, 7) is 2.99. The molecule has 0 unspecified atom stereocenters. The number of aliphatic hydroxyl groups excluding tert-OH is 1. The van der Waals surface area contributed by atoms with Crippen LogP contribution in [-0.2, 0) is 14.3 Å². The maximum Gasteiger partial charge on any atom is 0.337 e. The van der Waals surface area contributed by atoms with Gasteiger partial charge in [0, 0.05) is 44.1 Å². The van der Waals surface area contributed by atoms with E-state index in [4.69, 9.17) is 4.74 Å². The molecule has 0 aliphatic carbocycles. The Kier molecular flexibility index (Phi) is 6.79. The highest BCUT2D eigenvalue weighted by molar-refractivity contribution is 6.08. The van der Waals surface area contributed by atoms with Crippen molar-refractivity contribution in [3.63, 3.8) is 0 Å². The van der Waals surface area contributed by atoms with Gasteiger partial charge in [0.1, 0.15) is 11.5 Å². The van der Waals surface area contributed by atoms with E-state index in [0.29, 0.717) is 24.5 Å². The second-order valence-corrected chi connectivity index (χ2v) is 7.89. The number of anilines is 3. The minimum atomic E-state index is -0.573. The summed E-state index contributed by atoms with van der Waals surface area (Å²) in [5.41, 5.74) is 2.73. The van der Waals surface area contributed by atoms with Crippen LogP contribution in [0.1, 0.15) is 0 Å². The Labute approximate surface area is 191 Å². The molecule has 8 nitrogen and oxygen atoms in total. The molecule has 2 aromatic rings. The third-order valence-electron chi connectivity index (χ3n) is 5.93. The number of amides is 1. The number of nitrogens with zero attached hydrogens (tertiary/aromatic N) is 3. The first-order valence-corrected chi connectivity index (χ1v) is 10.8. The molecule has 1 amide bonds. The summed E-state index contributed by atoms with van der Waals surface area (Å²) in [5, 5.41) is 12.2. The summed E-state index contributed by atoms with van der Waals surface area (Å²) in [7, 11) is 1.27. The number of benzene rings is 2. The molecule has 0 aromatic heterocycles. The lowest BCUT2D eigenvalue weighted by Crippen LogP contribution is -2.46. The Hall–Kier alpha value is -3.59. The Morgan fingerprint density at radius 2 is 1.73 bits per heavy atom. The number of halogens is 1. The SMILES string of the molecule is COC(=O)C1=C(Nc2ccc(N3CCN(c4ccccc4F)CC3)cc2)C(=O)N(CCO)C1. The van der Waals surface area contributed by atoms with Crippen LogP contribution in [0, 0.1) is 5.82 Å². The van der Waals surface area contributed by atoms with Gasteiger partial charge >= 0.3 is 5.97 Å².